The van der Waals surface area contributed by atoms with Crippen LogP contribution in [0, 0.1) is 10.1 Å². The van der Waals surface area contributed by atoms with Gasteiger partial charge in [0.2, 0.25) is 0 Å². The minimum Gasteiger partial charge on any atom is -0.395 e. The van der Waals surface area contributed by atoms with Crippen LogP contribution < -0.4 is 0 Å². The van der Waals surface area contributed by atoms with Crippen LogP contribution in [0.3, 0.4) is 0 Å². The van der Waals surface area contributed by atoms with E-state index in [1.807, 2.05) is 19.1 Å². The molecule has 1 aromatic heterocycles. The van der Waals surface area contributed by atoms with E-state index >= 15 is 0 Å². The van der Waals surface area contributed by atoms with Crippen molar-refractivity contribution >= 4 is 11.8 Å². The minimum absolute atomic E-state index is 0.0361. The van der Waals surface area contributed by atoms with Crippen molar-refractivity contribution in [1.29, 1.82) is 0 Å². The molecule has 0 bridgehead atoms. The van der Waals surface area contributed by atoms with Crippen LogP contribution in [0.1, 0.15) is 41.4 Å². The Morgan fingerprint density at radius 1 is 1.29 bits per heavy atom. The number of rotatable bonds is 5. The maximum absolute atomic E-state index is 12.8. The number of fused-ring (bicyclic) bond motifs is 1. The largest absolute Gasteiger partial charge is 0.433 e. The number of amides is 1. The standard InChI is InChI=1S/C18H20N2O4/c1-2-11-19(18(21)16-9-10-17(24-16)20(22)23)15-8-7-13-5-3-4-6-14(13)12-15/h3-6,9-10,15H,2,7-8,11-12H2,1H3. The molecule has 0 aliphatic heterocycles. The highest BCUT2D eigenvalue weighted by molar-refractivity contribution is 5.92. The molecular weight excluding hydrogens is 308 g/mol. The molecule has 0 spiro atoms. The van der Waals surface area contributed by atoms with E-state index in [9.17, 15) is 14.9 Å². The summed E-state index contributed by atoms with van der Waals surface area (Å²) in [5.74, 6) is -0.632. The van der Waals surface area contributed by atoms with Crippen molar-refractivity contribution in [1.82, 2.24) is 4.90 Å². The van der Waals surface area contributed by atoms with Gasteiger partial charge in [0.05, 0.1) is 6.07 Å². The molecule has 1 amide bonds. The summed E-state index contributed by atoms with van der Waals surface area (Å²) in [4.78, 5) is 24.7. The molecule has 1 atom stereocenters. The summed E-state index contributed by atoms with van der Waals surface area (Å²) in [5, 5.41) is 10.8. The molecule has 6 nitrogen and oxygen atoms in total. The van der Waals surface area contributed by atoms with E-state index in [1.54, 1.807) is 4.90 Å². The molecular formula is C18H20N2O4. The Hall–Kier alpha value is -2.63. The lowest BCUT2D eigenvalue weighted by molar-refractivity contribution is -0.402. The fourth-order valence-corrected chi connectivity index (χ4v) is 3.32. The molecule has 0 fully saturated rings. The summed E-state index contributed by atoms with van der Waals surface area (Å²) in [6, 6.07) is 11.0. The van der Waals surface area contributed by atoms with Gasteiger partial charge in [-0.15, -0.1) is 0 Å². The molecule has 1 heterocycles. The Bertz CT molecular complexity index is 753. The van der Waals surface area contributed by atoms with Crippen molar-refractivity contribution in [3.05, 3.63) is 63.4 Å². The number of benzene rings is 1. The van der Waals surface area contributed by atoms with Crippen molar-refractivity contribution in [3.8, 4) is 0 Å². The quantitative estimate of drug-likeness (QED) is 0.621. The van der Waals surface area contributed by atoms with Gasteiger partial charge in [0, 0.05) is 12.6 Å². The zero-order chi connectivity index (χ0) is 17.1. The molecule has 0 radical (unpaired) electrons. The Labute approximate surface area is 140 Å². The van der Waals surface area contributed by atoms with Gasteiger partial charge in [0.1, 0.15) is 4.92 Å². The molecule has 24 heavy (non-hydrogen) atoms. The smallest absolute Gasteiger partial charge is 0.395 e. The van der Waals surface area contributed by atoms with Crippen LogP contribution >= 0.6 is 0 Å². The van der Waals surface area contributed by atoms with E-state index in [4.69, 9.17) is 4.42 Å². The molecule has 1 aliphatic carbocycles. The van der Waals surface area contributed by atoms with Gasteiger partial charge in [-0.1, -0.05) is 31.2 Å². The van der Waals surface area contributed by atoms with Crippen LogP contribution in [0.2, 0.25) is 0 Å². The van der Waals surface area contributed by atoms with Crippen LogP contribution in [-0.4, -0.2) is 28.3 Å². The van der Waals surface area contributed by atoms with Crippen LogP contribution in [0.25, 0.3) is 0 Å². The summed E-state index contributed by atoms with van der Waals surface area (Å²) in [7, 11) is 0. The zero-order valence-electron chi connectivity index (χ0n) is 13.6. The fourth-order valence-electron chi connectivity index (χ4n) is 3.32. The summed E-state index contributed by atoms with van der Waals surface area (Å²) < 4.78 is 5.10. The second kappa shape index (κ2) is 6.86. The third-order valence-corrected chi connectivity index (χ3v) is 4.47. The summed E-state index contributed by atoms with van der Waals surface area (Å²) in [6.45, 7) is 2.63. The Balaban J connectivity index is 1.81. The zero-order valence-corrected chi connectivity index (χ0v) is 13.6. The van der Waals surface area contributed by atoms with E-state index in [-0.39, 0.29) is 17.7 Å². The van der Waals surface area contributed by atoms with E-state index in [2.05, 4.69) is 12.1 Å². The van der Waals surface area contributed by atoms with Gasteiger partial charge in [0.25, 0.3) is 5.91 Å². The first-order valence-electron chi connectivity index (χ1n) is 8.22. The number of aryl methyl sites for hydroxylation is 1. The highest BCUT2D eigenvalue weighted by atomic mass is 16.6. The van der Waals surface area contributed by atoms with Gasteiger partial charge in [-0.25, -0.2) is 0 Å². The lowest BCUT2D eigenvalue weighted by Gasteiger charge is -2.34. The monoisotopic (exact) mass is 328 g/mol. The SMILES string of the molecule is CCCN(C(=O)c1ccc([N+](=O)[O-])o1)C1CCc2ccccc2C1. The van der Waals surface area contributed by atoms with Crippen LogP contribution in [0.15, 0.2) is 40.8 Å². The minimum atomic E-state index is -0.627. The molecule has 0 N–H and O–H groups in total. The average molecular weight is 328 g/mol. The van der Waals surface area contributed by atoms with Crippen molar-refractivity contribution in [2.75, 3.05) is 6.54 Å². The number of hydrogen-bond donors (Lipinski definition) is 0. The van der Waals surface area contributed by atoms with E-state index < -0.39 is 10.8 Å². The lowest BCUT2D eigenvalue weighted by Crippen LogP contribution is -2.43. The fraction of sp³-hybridized carbons (Fsp3) is 0.389. The Morgan fingerprint density at radius 3 is 2.71 bits per heavy atom. The van der Waals surface area contributed by atoms with Crippen LogP contribution in [0.5, 0.6) is 0 Å². The van der Waals surface area contributed by atoms with Crippen molar-refractivity contribution in [3.63, 3.8) is 0 Å². The second-order valence-electron chi connectivity index (χ2n) is 6.06. The summed E-state index contributed by atoms with van der Waals surface area (Å²) in [6.07, 6.45) is 3.47. The molecule has 3 rings (SSSR count). The van der Waals surface area contributed by atoms with Crippen molar-refractivity contribution < 1.29 is 14.1 Å². The van der Waals surface area contributed by atoms with Gasteiger partial charge in [-0.05, 0) is 42.9 Å². The number of carbonyl (C=O) groups excluding carboxylic acids is 1. The Morgan fingerprint density at radius 2 is 2.04 bits per heavy atom. The summed E-state index contributed by atoms with van der Waals surface area (Å²) >= 11 is 0. The van der Waals surface area contributed by atoms with Gasteiger partial charge in [-0.3, -0.25) is 14.9 Å². The van der Waals surface area contributed by atoms with Crippen molar-refractivity contribution in [2.24, 2.45) is 0 Å². The third-order valence-electron chi connectivity index (χ3n) is 4.47. The topological polar surface area (TPSA) is 76.6 Å². The highest BCUT2D eigenvalue weighted by Gasteiger charge is 2.30. The van der Waals surface area contributed by atoms with Crippen molar-refractivity contribution in [2.45, 2.75) is 38.6 Å². The lowest BCUT2D eigenvalue weighted by atomic mass is 9.87. The number of nitro groups is 1. The maximum atomic E-state index is 12.8. The molecule has 0 saturated carbocycles. The normalized spacial score (nSPS) is 16.5. The van der Waals surface area contributed by atoms with E-state index in [0.717, 1.165) is 25.7 Å². The predicted octanol–water partition coefficient (Wildman–Crippen LogP) is 3.60. The number of hydrogen-bond acceptors (Lipinski definition) is 4. The molecule has 1 aromatic carbocycles. The van der Waals surface area contributed by atoms with Crippen LogP contribution in [-0.2, 0) is 12.8 Å². The molecule has 1 aliphatic rings. The van der Waals surface area contributed by atoms with Gasteiger partial charge in [0.15, 0.2) is 5.76 Å². The average Bonchev–Trinajstić information content (AvgIpc) is 3.09. The summed E-state index contributed by atoms with van der Waals surface area (Å²) in [5.41, 5.74) is 2.61. The van der Waals surface area contributed by atoms with Crippen LogP contribution in [0.4, 0.5) is 5.88 Å². The molecule has 1 unspecified atom stereocenters. The van der Waals surface area contributed by atoms with E-state index in [1.165, 1.54) is 23.3 Å². The first-order valence-corrected chi connectivity index (χ1v) is 8.22. The second-order valence-corrected chi connectivity index (χ2v) is 6.06. The number of carbonyl (C=O) groups is 1. The maximum Gasteiger partial charge on any atom is 0.433 e. The Kier molecular flexibility index (Phi) is 4.64. The number of furan rings is 1. The molecule has 126 valence electrons. The third kappa shape index (κ3) is 3.18. The number of nitrogens with zero attached hydrogens (tertiary/aromatic N) is 2. The van der Waals surface area contributed by atoms with Gasteiger partial charge < -0.3 is 9.32 Å². The first-order chi connectivity index (χ1) is 11.6. The first kappa shape index (κ1) is 16.2. The van der Waals surface area contributed by atoms with E-state index in [0.29, 0.717) is 6.54 Å². The predicted molar refractivity (Wildman–Crippen MR) is 88.9 cm³/mol. The molecule has 2 aromatic rings. The molecule has 6 heteroatoms. The highest BCUT2D eigenvalue weighted by Crippen LogP contribution is 2.26. The molecule has 0 saturated heterocycles. The van der Waals surface area contributed by atoms with Gasteiger partial charge >= 0.3 is 5.88 Å². The van der Waals surface area contributed by atoms with Gasteiger partial charge in [-0.2, -0.15) is 0 Å².